The van der Waals surface area contributed by atoms with Crippen molar-refractivity contribution < 1.29 is 4.79 Å². The zero-order valence-corrected chi connectivity index (χ0v) is 12.3. The maximum Gasteiger partial charge on any atom is 0.315 e. The van der Waals surface area contributed by atoms with Gasteiger partial charge in [-0.3, -0.25) is 0 Å². The van der Waals surface area contributed by atoms with Crippen molar-refractivity contribution in [3.8, 4) is 0 Å². The van der Waals surface area contributed by atoms with Crippen molar-refractivity contribution in [1.82, 2.24) is 10.6 Å². The van der Waals surface area contributed by atoms with Gasteiger partial charge in [0.25, 0.3) is 0 Å². The number of carbonyl (C=O) groups excluding carboxylic acids is 1. The minimum atomic E-state index is -0.176. The lowest BCUT2D eigenvalue weighted by atomic mass is 10.0. The SMILES string of the molecule is CCC(CC)(CNC(=O)NC(C)(C)C)SC. The Bertz CT molecular complexity index is 211. The molecule has 0 aromatic heterocycles. The summed E-state index contributed by atoms with van der Waals surface area (Å²) in [7, 11) is 0. The molecule has 16 heavy (non-hydrogen) atoms. The molecule has 0 atom stereocenters. The maximum atomic E-state index is 11.6. The molecule has 0 aliphatic heterocycles. The number of hydrogen-bond donors (Lipinski definition) is 2. The molecule has 0 fully saturated rings. The third kappa shape index (κ3) is 5.64. The molecule has 0 heterocycles. The molecule has 0 unspecified atom stereocenters. The minimum Gasteiger partial charge on any atom is -0.337 e. The molecule has 0 rings (SSSR count). The molecule has 0 radical (unpaired) electrons. The van der Waals surface area contributed by atoms with Crippen LogP contribution in [-0.2, 0) is 0 Å². The van der Waals surface area contributed by atoms with Crippen molar-refractivity contribution in [2.75, 3.05) is 12.8 Å². The molecular formula is C12H26N2OS. The van der Waals surface area contributed by atoms with Crippen molar-refractivity contribution in [1.29, 1.82) is 0 Å². The van der Waals surface area contributed by atoms with Crippen molar-refractivity contribution in [2.24, 2.45) is 0 Å². The largest absolute Gasteiger partial charge is 0.337 e. The normalized spacial score (nSPS) is 12.4. The molecule has 0 aliphatic carbocycles. The van der Waals surface area contributed by atoms with Crippen LogP contribution in [0.3, 0.4) is 0 Å². The molecule has 96 valence electrons. The van der Waals surface area contributed by atoms with Crippen LogP contribution in [0.5, 0.6) is 0 Å². The van der Waals surface area contributed by atoms with E-state index in [-0.39, 0.29) is 16.3 Å². The second kappa shape index (κ2) is 6.38. The van der Waals surface area contributed by atoms with Crippen LogP contribution in [0.2, 0.25) is 0 Å². The number of hydrogen-bond acceptors (Lipinski definition) is 2. The van der Waals surface area contributed by atoms with Gasteiger partial charge in [-0.05, 0) is 39.9 Å². The fraction of sp³-hybridized carbons (Fsp3) is 0.917. The standard InChI is InChI=1S/C12H26N2OS/c1-7-12(8-2,16-6)9-13-10(15)14-11(3,4)5/h7-9H2,1-6H3,(H2,13,14,15). The van der Waals surface area contributed by atoms with E-state index in [1.807, 2.05) is 32.5 Å². The maximum absolute atomic E-state index is 11.6. The molecule has 4 heteroatoms. The summed E-state index contributed by atoms with van der Waals surface area (Å²) in [6.07, 6.45) is 4.25. The van der Waals surface area contributed by atoms with Gasteiger partial charge in [-0.1, -0.05) is 13.8 Å². The zero-order chi connectivity index (χ0) is 12.8. The Morgan fingerprint density at radius 1 is 1.19 bits per heavy atom. The number of nitrogens with one attached hydrogen (secondary N) is 2. The average molecular weight is 246 g/mol. The van der Waals surface area contributed by atoms with Crippen molar-refractivity contribution in [3.05, 3.63) is 0 Å². The highest BCUT2D eigenvalue weighted by atomic mass is 32.2. The van der Waals surface area contributed by atoms with E-state index in [1.165, 1.54) is 0 Å². The van der Waals surface area contributed by atoms with Gasteiger partial charge in [-0.25, -0.2) is 4.79 Å². The van der Waals surface area contributed by atoms with E-state index < -0.39 is 0 Å². The molecule has 3 nitrogen and oxygen atoms in total. The van der Waals surface area contributed by atoms with Gasteiger partial charge in [0.15, 0.2) is 0 Å². The summed E-state index contributed by atoms with van der Waals surface area (Å²) in [5.74, 6) is 0. The van der Waals surface area contributed by atoms with E-state index in [0.29, 0.717) is 0 Å². The van der Waals surface area contributed by atoms with Crippen LogP contribution in [0.4, 0.5) is 4.79 Å². The number of rotatable bonds is 5. The first-order valence-corrected chi connectivity index (χ1v) is 7.12. The molecule has 0 aromatic rings. The number of thioether (sulfide) groups is 1. The Morgan fingerprint density at radius 3 is 2.00 bits per heavy atom. The number of amides is 2. The highest BCUT2D eigenvalue weighted by Crippen LogP contribution is 2.29. The van der Waals surface area contributed by atoms with Crippen molar-refractivity contribution in [3.63, 3.8) is 0 Å². The minimum absolute atomic E-state index is 0.0761. The fourth-order valence-electron chi connectivity index (χ4n) is 1.49. The summed E-state index contributed by atoms with van der Waals surface area (Å²) in [6, 6.07) is -0.0761. The number of urea groups is 1. The van der Waals surface area contributed by atoms with Gasteiger partial charge in [0, 0.05) is 16.8 Å². The van der Waals surface area contributed by atoms with E-state index >= 15 is 0 Å². The summed E-state index contributed by atoms with van der Waals surface area (Å²) < 4.78 is 0.176. The second-order valence-corrected chi connectivity index (χ2v) is 6.43. The lowest BCUT2D eigenvalue weighted by Gasteiger charge is -2.30. The van der Waals surface area contributed by atoms with Crippen LogP contribution < -0.4 is 10.6 Å². The molecule has 0 bridgehead atoms. The topological polar surface area (TPSA) is 41.1 Å². The highest BCUT2D eigenvalue weighted by molar-refractivity contribution is 8.00. The van der Waals surface area contributed by atoms with E-state index in [4.69, 9.17) is 0 Å². The summed E-state index contributed by atoms with van der Waals surface area (Å²) in [5.41, 5.74) is -0.176. The van der Waals surface area contributed by atoms with Crippen LogP contribution in [0.1, 0.15) is 47.5 Å². The average Bonchev–Trinajstić information content (AvgIpc) is 2.18. The summed E-state index contributed by atoms with van der Waals surface area (Å²) in [4.78, 5) is 11.6. The van der Waals surface area contributed by atoms with Gasteiger partial charge in [0.05, 0.1) is 0 Å². The van der Waals surface area contributed by atoms with Gasteiger partial charge in [0.1, 0.15) is 0 Å². The molecule has 2 N–H and O–H groups in total. The van der Waals surface area contributed by atoms with Gasteiger partial charge in [-0.2, -0.15) is 11.8 Å². The third-order valence-electron chi connectivity index (χ3n) is 2.78. The highest BCUT2D eigenvalue weighted by Gasteiger charge is 2.25. The zero-order valence-electron chi connectivity index (χ0n) is 11.4. The van der Waals surface area contributed by atoms with E-state index in [0.717, 1.165) is 19.4 Å². The molecule has 0 aliphatic rings. The van der Waals surface area contributed by atoms with Crippen LogP contribution in [-0.4, -0.2) is 29.1 Å². The van der Waals surface area contributed by atoms with E-state index in [9.17, 15) is 4.79 Å². The first kappa shape index (κ1) is 15.6. The van der Waals surface area contributed by atoms with Crippen LogP contribution in [0, 0.1) is 0 Å². The Morgan fingerprint density at radius 2 is 1.69 bits per heavy atom. The smallest absolute Gasteiger partial charge is 0.315 e. The van der Waals surface area contributed by atoms with Crippen molar-refractivity contribution >= 4 is 17.8 Å². The first-order valence-electron chi connectivity index (χ1n) is 5.89. The second-order valence-electron chi connectivity index (χ2n) is 5.15. The third-order valence-corrected chi connectivity index (χ3v) is 4.37. The van der Waals surface area contributed by atoms with Gasteiger partial charge in [0.2, 0.25) is 0 Å². The fourth-order valence-corrected chi connectivity index (χ4v) is 2.28. The van der Waals surface area contributed by atoms with Gasteiger partial charge >= 0.3 is 6.03 Å². The van der Waals surface area contributed by atoms with E-state index in [2.05, 4.69) is 30.7 Å². The summed E-state index contributed by atoms with van der Waals surface area (Å²) in [6.45, 7) is 11.0. The summed E-state index contributed by atoms with van der Waals surface area (Å²) >= 11 is 1.83. The van der Waals surface area contributed by atoms with Crippen LogP contribution >= 0.6 is 11.8 Å². The quantitative estimate of drug-likeness (QED) is 0.783. The lowest BCUT2D eigenvalue weighted by Crippen LogP contribution is -2.50. The molecular weight excluding hydrogens is 220 g/mol. The molecule has 0 aromatic carbocycles. The van der Waals surface area contributed by atoms with E-state index in [1.54, 1.807) is 0 Å². The molecule has 0 spiro atoms. The van der Waals surface area contributed by atoms with Crippen LogP contribution in [0.15, 0.2) is 0 Å². The Kier molecular flexibility index (Phi) is 6.23. The Balaban J connectivity index is 4.17. The predicted octanol–water partition coefficient (Wildman–Crippen LogP) is 3.01. The molecule has 0 saturated heterocycles. The summed E-state index contributed by atoms with van der Waals surface area (Å²) in [5, 5.41) is 5.87. The Labute approximate surface area is 104 Å². The van der Waals surface area contributed by atoms with Crippen molar-refractivity contribution in [2.45, 2.75) is 57.7 Å². The Hall–Kier alpha value is -0.380. The predicted molar refractivity (Wildman–Crippen MR) is 73.1 cm³/mol. The number of carbonyl (C=O) groups is 1. The first-order chi connectivity index (χ1) is 7.28. The molecule has 2 amide bonds. The monoisotopic (exact) mass is 246 g/mol. The molecule has 0 saturated carbocycles. The lowest BCUT2D eigenvalue weighted by molar-refractivity contribution is 0.230. The van der Waals surface area contributed by atoms with Crippen LogP contribution in [0.25, 0.3) is 0 Å². The van der Waals surface area contributed by atoms with Gasteiger partial charge in [-0.15, -0.1) is 0 Å². The van der Waals surface area contributed by atoms with Gasteiger partial charge < -0.3 is 10.6 Å².